The second kappa shape index (κ2) is 8.22. The average molecular weight is 516 g/mol. The van der Waals surface area contributed by atoms with Gasteiger partial charge in [-0.25, -0.2) is 12.4 Å². The summed E-state index contributed by atoms with van der Waals surface area (Å²) in [7, 11) is -2.33. The third-order valence-corrected chi connectivity index (χ3v) is 8.43. The van der Waals surface area contributed by atoms with Gasteiger partial charge in [-0.15, -0.1) is 0 Å². The number of nitrogens with one attached hydrogen (secondary N) is 1. The Bertz CT molecular complexity index is 1450. The number of allylic oxidation sites excluding steroid dienone is 3. The number of aromatic nitrogens is 2. The molecule has 0 aliphatic heterocycles. The van der Waals surface area contributed by atoms with Crippen LogP contribution in [0.15, 0.2) is 76.3 Å². The highest BCUT2D eigenvalue weighted by atomic mass is 79.9. The molecule has 3 aromatic rings. The molecule has 166 valence electrons. The molecule has 0 bridgehead atoms. The number of halogens is 1. The molecule has 1 amide bonds. The number of nitrogens with zero attached hydrogens (tertiary/aromatic N) is 2. The molecular formula is C23H22BrN3O4S. The molecule has 1 aromatic carbocycles. The average Bonchev–Trinajstić information content (AvgIpc) is 3.22. The third kappa shape index (κ3) is 3.65. The minimum Gasteiger partial charge on any atom is -0.355 e. The van der Waals surface area contributed by atoms with Gasteiger partial charge in [0, 0.05) is 29.3 Å². The van der Waals surface area contributed by atoms with Crippen LogP contribution in [-0.4, -0.2) is 34.7 Å². The largest absolute Gasteiger partial charge is 0.355 e. The Balaban J connectivity index is 1.87. The number of para-hydroxylation sites is 1. The molecule has 9 heteroatoms. The summed E-state index contributed by atoms with van der Waals surface area (Å²) in [6, 6.07) is 8.67. The van der Waals surface area contributed by atoms with Gasteiger partial charge in [0.1, 0.15) is 10.3 Å². The maximum absolute atomic E-state index is 13.6. The predicted octanol–water partition coefficient (Wildman–Crippen LogP) is 3.43. The number of fused-ring (bicyclic) bond motifs is 1. The molecule has 2 aromatic heterocycles. The second-order valence-corrected chi connectivity index (χ2v) is 11.1. The number of rotatable bonds is 5. The van der Waals surface area contributed by atoms with Crippen LogP contribution in [0.5, 0.6) is 0 Å². The topological polar surface area (TPSA) is 90.2 Å². The van der Waals surface area contributed by atoms with E-state index < -0.39 is 26.2 Å². The Kier molecular flexibility index (Phi) is 5.72. The summed E-state index contributed by atoms with van der Waals surface area (Å²) < 4.78 is 29.5. The van der Waals surface area contributed by atoms with E-state index in [9.17, 15) is 18.0 Å². The summed E-state index contributed by atoms with van der Waals surface area (Å²) in [5, 5.41) is 3.22. The standard InChI is InChI=1S/C23H22BrN3O4S/c1-23(10-4-3-5-11-23)32(30,31)27-12-9-16-7-6-8-17(20(16)27)14-26-15-18(24)13-19(22(26)29)21(28)25-2/h3-10,12-13,15H,11,14H2,1-2H3,(H,25,28). The summed E-state index contributed by atoms with van der Waals surface area (Å²) in [5.74, 6) is -0.487. The van der Waals surface area contributed by atoms with Crippen LogP contribution in [0, 0.1) is 0 Å². The first-order valence-corrected chi connectivity index (χ1v) is 12.2. The van der Waals surface area contributed by atoms with Gasteiger partial charge < -0.3 is 9.88 Å². The van der Waals surface area contributed by atoms with Gasteiger partial charge in [-0.3, -0.25) is 9.59 Å². The molecule has 0 spiro atoms. The van der Waals surface area contributed by atoms with Gasteiger partial charge in [0.15, 0.2) is 0 Å². The lowest BCUT2D eigenvalue weighted by Gasteiger charge is -2.27. The van der Waals surface area contributed by atoms with Gasteiger partial charge in [-0.1, -0.05) is 42.5 Å². The number of amides is 1. The minimum atomic E-state index is -3.79. The van der Waals surface area contributed by atoms with Crippen molar-refractivity contribution < 1.29 is 13.2 Å². The number of hydrogen-bond donors (Lipinski definition) is 1. The van der Waals surface area contributed by atoms with Crippen LogP contribution in [0.2, 0.25) is 0 Å². The Hall–Kier alpha value is -2.91. The third-order valence-electron chi connectivity index (χ3n) is 5.69. The molecule has 4 rings (SSSR count). The molecule has 1 atom stereocenters. The molecule has 0 radical (unpaired) electrons. The van der Waals surface area contributed by atoms with E-state index in [2.05, 4.69) is 21.2 Å². The summed E-state index contributed by atoms with van der Waals surface area (Å²) >= 11 is 3.35. The fourth-order valence-corrected chi connectivity index (χ4v) is 6.05. The van der Waals surface area contributed by atoms with Gasteiger partial charge in [-0.2, -0.15) is 0 Å². The molecule has 0 fully saturated rings. The van der Waals surface area contributed by atoms with E-state index in [-0.39, 0.29) is 12.1 Å². The molecule has 2 heterocycles. The minimum absolute atomic E-state index is 0.00342. The van der Waals surface area contributed by atoms with Crippen LogP contribution in [0.3, 0.4) is 0 Å². The molecule has 1 aliphatic carbocycles. The smallest absolute Gasteiger partial charge is 0.263 e. The van der Waals surface area contributed by atoms with E-state index in [1.165, 1.54) is 21.7 Å². The first kappa shape index (κ1) is 22.3. The Morgan fingerprint density at radius 1 is 1.25 bits per heavy atom. The zero-order valence-electron chi connectivity index (χ0n) is 17.6. The molecule has 1 unspecified atom stereocenters. The van der Waals surface area contributed by atoms with Crippen molar-refractivity contribution in [3.05, 3.63) is 93.0 Å². The van der Waals surface area contributed by atoms with Crippen LogP contribution in [0.25, 0.3) is 10.9 Å². The normalized spacial score (nSPS) is 18.2. The van der Waals surface area contributed by atoms with Crippen molar-refractivity contribution in [2.45, 2.75) is 24.6 Å². The fraction of sp³-hybridized carbons (Fsp3) is 0.217. The number of carbonyl (C=O) groups excluding carboxylic acids is 1. The predicted molar refractivity (Wildman–Crippen MR) is 128 cm³/mol. The fourth-order valence-electron chi connectivity index (χ4n) is 3.89. The maximum atomic E-state index is 13.6. The summed E-state index contributed by atoms with van der Waals surface area (Å²) in [6.45, 7) is 1.80. The van der Waals surface area contributed by atoms with Crippen molar-refractivity contribution in [2.75, 3.05) is 7.05 Å². The molecule has 0 saturated heterocycles. The molecule has 32 heavy (non-hydrogen) atoms. The maximum Gasteiger partial charge on any atom is 0.263 e. The Labute approximate surface area is 194 Å². The van der Waals surface area contributed by atoms with Crippen LogP contribution in [-0.2, 0) is 16.6 Å². The highest BCUT2D eigenvalue weighted by Gasteiger charge is 2.38. The van der Waals surface area contributed by atoms with Crippen molar-refractivity contribution in [1.29, 1.82) is 0 Å². The number of benzene rings is 1. The van der Waals surface area contributed by atoms with Crippen LogP contribution in [0.1, 0.15) is 29.3 Å². The van der Waals surface area contributed by atoms with Crippen molar-refractivity contribution >= 4 is 42.8 Å². The number of pyridine rings is 1. The van der Waals surface area contributed by atoms with Crippen molar-refractivity contribution in [2.24, 2.45) is 0 Å². The van der Waals surface area contributed by atoms with Crippen molar-refractivity contribution in [3.8, 4) is 0 Å². The zero-order chi connectivity index (χ0) is 23.1. The Morgan fingerprint density at radius 3 is 2.72 bits per heavy atom. The van der Waals surface area contributed by atoms with E-state index in [1.807, 2.05) is 24.3 Å². The van der Waals surface area contributed by atoms with Crippen LogP contribution < -0.4 is 10.9 Å². The molecule has 1 aliphatic rings. The highest BCUT2D eigenvalue weighted by molar-refractivity contribution is 9.10. The first-order chi connectivity index (χ1) is 15.2. The summed E-state index contributed by atoms with van der Waals surface area (Å²) in [6.07, 6.45) is 10.6. The highest BCUT2D eigenvalue weighted by Crippen LogP contribution is 2.32. The van der Waals surface area contributed by atoms with Gasteiger partial charge in [0.05, 0.1) is 12.1 Å². The SMILES string of the molecule is CNC(=O)c1cc(Br)cn(Cc2cccc3ccn(S(=O)(=O)C4(C)C=CC=CC4)c23)c1=O. The molecule has 7 nitrogen and oxygen atoms in total. The molecular weight excluding hydrogens is 494 g/mol. The molecule has 0 saturated carbocycles. The van der Waals surface area contributed by atoms with Crippen LogP contribution in [0.4, 0.5) is 0 Å². The van der Waals surface area contributed by atoms with E-state index >= 15 is 0 Å². The van der Waals surface area contributed by atoms with E-state index in [0.29, 0.717) is 22.0 Å². The van der Waals surface area contributed by atoms with Crippen molar-refractivity contribution in [3.63, 3.8) is 0 Å². The zero-order valence-corrected chi connectivity index (χ0v) is 20.0. The van der Waals surface area contributed by atoms with Gasteiger partial charge in [0.25, 0.3) is 11.5 Å². The lowest BCUT2D eigenvalue weighted by molar-refractivity contribution is 0.0961. The van der Waals surface area contributed by atoms with Gasteiger partial charge >= 0.3 is 0 Å². The van der Waals surface area contributed by atoms with Crippen molar-refractivity contribution in [1.82, 2.24) is 13.9 Å². The van der Waals surface area contributed by atoms with Gasteiger partial charge in [-0.05, 0) is 47.0 Å². The number of carbonyl (C=O) groups is 1. The van der Waals surface area contributed by atoms with E-state index in [4.69, 9.17) is 0 Å². The molecule has 1 N–H and O–H groups in total. The van der Waals surface area contributed by atoms with Gasteiger partial charge in [0.2, 0.25) is 10.0 Å². The second-order valence-electron chi connectivity index (χ2n) is 7.86. The van der Waals surface area contributed by atoms with Crippen LogP contribution >= 0.6 is 15.9 Å². The summed E-state index contributed by atoms with van der Waals surface area (Å²) in [5.41, 5.74) is 0.713. The monoisotopic (exact) mass is 515 g/mol. The quantitative estimate of drug-likeness (QED) is 0.563. The van der Waals surface area contributed by atoms with E-state index in [1.54, 1.807) is 43.6 Å². The lowest BCUT2D eigenvalue weighted by Crippen LogP contribution is -2.38. The lowest BCUT2D eigenvalue weighted by atomic mass is 10.0. The Morgan fingerprint density at radius 2 is 2.03 bits per heavy atom. The first-order valence-electron chi connectivity index (χ1n) is 9.98. The number of hydrogen-bond acceptors (Lipinski definition) is 4. The summed E-state index contributed by atoms with van der Waals surface area (Å²) in [4.78, 5) is 25.0. The van der Waals surface area contributed by atoms with E-state index in [0.717, 1.165) is 5.39 Å².